The minimum atomic E-state index is -3.81. The van der Waals surface area contributed by atoms with E-state index >= 15 is 0 Å². The molecule has 0 aliphatic heterocycles. The molecular formula is C10H8Cl2F2O3. The van der Waals surface area contributed by atoms with Crippen LogP contribution in [-0.2, 0) is 10.1 Å². The van der Waals surface area contributed by atoms with Crippen molar-refractivity contribution in [1.82, 2.24) is 0 Å². The first kappa shape index (κ1) is 14.0. The lowest BCUT2D eigenvalue weighted by atomic mass is 10.0. The zero-order valence-electron chi connectivity index (χ0n) is 8.85. The van der Waals surface area contributed by atoms with Crippen LogP contribution in [0.25, 0.3) is 0 Å². The zero-order chi connectivity index (χ0) is 13.4. The van der Waals surface area contributed by atoms with Gasteiger partial charge in [-0.2, -0.15) is 8.78 Å². The van der Waals surface area contributed by atoms with E-state index < -0.39 is 28.2 Å². The van der Waals surface area contributed by atoms with Crippen LogP contribution >= 0.6 is 23.2 Å². The number of benzene rings is 1. The SMILES string of the molecule is COC(=O)c1c(C(F)(F)Cl)cc(C)c(Cl)c1O. The second-order valence-corrected chi connectivity index (χ2v) is 4.12. The Balaban J connectivity index is 3.64. The van der Waals surface area contributed by atoms with Gasteiger partial charge in [0.2, 0.25) is 0 Å². The van der Waals surface area contributed by atoms with Gasteiger partial charge in [0.25, 0.3) is 0 Å². The van der Waals surface area contributed by atoms with E-state index in [-0.39, 0.29) is 10.6 Å². The molecule has 0 bridgehead atoms. The van der Waals surface area contributed by atoms with Crippen LogP contribution < -0.4 is 0 Å². The first-order chi connectivity index (χ1) is 7.70. The smallest absolute Gasteiger partial charge is 0.349 e. The molecule has 94 valence electrons. The Labute approximate surface area is 106 Å². The number of hydrogen-bond donors (Lipinski definition) is 1. The molecule has 1 aromatic carbocycles. The highest BCUT2D eigenvalue weighted by Crippen LogP contribution is 2.42. The van der Waals surface area contributed by atoms with E-state index in [0.29, 0.717) is 0 Å². The van der Waals surface area contributed by atoms with Gasteiger partial charge >= 0.3 is 11.4 Å². The normalized spacial score (nSPS) is 11.4. The third-order valence-corrected chi connectivity index (χ3v) is 2.80. The summed E-state index contributed by atoms with van der Waals surface area (Å²) in [7, 11) is 0.992. The number of carbonyl (C=O) groups is 1. The maximum atomic E-state index is 13.1. The van der Waals surface area contributed by atoms with Crippen molar-refractivity contribution >= 4 is 29.2 Å². The number of alkyl halides is 3. The molecule has 1 aromatic rings. The fourth-order valence-corrected chi connectivity index (χ4v) is 1.61. The number of phenolic OH excluding ortho intramolecular Hbond substituents is 1. The summed E-state index contributed by atoms with van der Waals surface area (Å²) in [6.07, 6.45) is 0. The van der Waals surface area contributed by atoms with Gasteiger partial charge in [0.15, 0.2) is 0 Å². The number of carbonyl (C=O) groups excluding carboxylic acids is 1. The van der Waals surface area contributed by atoms with Crippen molar-refractivity contribution in [2.45, 2.75) is 12.3 Å². The number of halogens is 4. The molecule has 1 rings (SSSR count). The van der Waals surface area contributed by atoms with Gasteiger partial charge in [0.05, 0.1) is 17.7 Å². The Bertz CT molecular complexity index is 470. The number of esters is 1. The van der Waals surface area contributed by atoms with E-state index in [2.05, 4.69) is 4.74 Å². The lowest BCUT2D eigenvalue weighted by molar-refractivity contribution is 0.0566. The minimum absolute atomic E-state index is 0.173. The van der Waals surface area contributed by atoms with Crippen LogP contribution in [0, 0.1) is 6.92 Å². The Morgan fingerprint density at radius 3 is 2.47 bits per heavy atom. The number of aromatic hydroxyl groups is 1. The van der Waals surface area contributed by atoms with Crippen LogP contribution in [0.15, 0.2) is 6.07 Å². The molecule has 0 radical (unpaired) electrons. The molecule has 17 heavy (non-hydrogen) atoms. The lowest BCUT2D eigenvalue weighted by Gasteiger charge is -2.16. The summed E-state index contributed by atoms with van der Waals surface area (Å²) in [6.45, 7) is 1.40. The fourth-order valence-electron chi connectivity index (χ4n) is 1.31. The molecule has 0 saturated carbocycles. The molecular weight excluding hydrogens is 277 g/mol. The van der Waals surface area contributed by atoms with Gasteiger partial charge in [0, 0.05) is 0 Å². The molecule has 3 nitrogen and oxygen atoms in total. The van der Waals surface area contributed by atoms with Gasteiger partial charge < -0.3 is 9.84 Å². The number of ether oxygens (including phenoxy) is 1. The van der Waals surface area contributed by atoms with Crippen molar-refractivity contribution in [3.05, 3.63) is 27.8 Å². The fraction of sp³-hybridized carbons (Fsp3) is 0.300. The Hall–Kier alpha value is -1.07. The third kappa shape index (κ3) is 2.61. The van der Waals surface area contributed by atoms with Crippen LogP contribution in [0.4, 0.5) is 8.78 Å². The summed E-state index contributed by atoms with van der Waals surface area (Å²) in [6, 6.07) is 0.932. The number of hydrogen-bond acceptors (Lipinski definition) is 3. The molecule has 0 fully saturated rings. The third-order valence-electron chi connectivity index (χ3n) is 2.12. The Morgan fingerprint density at radius 2 is 2.06 bits per heavy atom. The number of rotatable bonds is 2. The summed E-state index contributed by atoms with van der Waals surface area (Å²) in [4.78, 5) is 11.3. The van der Waals surface area contributed by atoms with E-state index in [1.54, 1.807) is 0 Å². The van der Waals surface area contributed by atoms with Crippen molar-refractivity contribution < 1.29 is 23.4 Å². The van der Waals surface area contributed by atoms with Crippen LogP contribution in [0.3, 0.4) is 0 Å². The van der Waals surface area contributed by atoms with E-state index in [1.165, 1.54) is 6.92 Å². The van der Waals surface area contributed by atoms with Crippen LogP contribution in [0.2, 0.25) is 5.02 Å². The van der Waals surface area contributed by atoms with Gasteiger partial charge in [-0.05, 0) is 30.2 Å². The molecule has 0 atom stereocenters. The van der Waals surface area contributed by atoms with E-state index in [1.807, 2.05) is 0 Å². The molecule has 0 spiro atoms. The number of phenols is 1. The predicted molar refractivity (Wildman–Crippen MR) is 58.9 cm³/mol. The van der Waals surface area contributed by atoms with Crippen molar-refractivity contribution in [2.24, 2.45) is 0 Å². The summed E-state index contributed by atoms with van der Waals surface area (Å²) in [5.74, 6) is -1.91. The molecule has 0 aliphatic carbocycles. The second-order valence-electron chi connectivity index (χ2n) is 3.27. The van der Waals surface area contributed by atoms with Crippen LogP contribution in [0.5, 0.6) is 5.75 Å². The molecule has 0 amide bonds. The van der Waals surface area contributed by atoms with Crippen molar-refractivity contribution in [3.8, 4) is 5.75 Å². The lowest BCUT2D eigenvalue weighted by Crippen LogP contribution is -2.14. The van der Waals surface area contributed by atoms with Gasteiger partial charge in [-0.1, -0.05) is 11.6 Å². The van der Waals surface area contributed by atoms with Gasteiger partial charge in [0.1, 0.15) is 11.3 Å². The maximum absolute atomic E-state index is 13.1. The second kappa shape index (κ2) is 4.66. The summed E-state index contributed by atoms with van der Waals surface area (Å²) < 4.78 is 30.5. The number of aryl methyl sites for hydroxylation is 1. The molecule has 1 N–H and O–H groups in total. The highest BCUT2D eigenvalue weighted by molar-refractivity contribution is 6.33. The van der Waals surface area contributed by atoms with Gasteiger partial charge in [-0.3, -0.25) is 0 Å². The van der Waals surface area contributed by atoms with Gasteiger partial charge in [-0.25, -0.2) is 4.79 Å². The summed E-state index contributed by atoms with van der Waals surface area (Å²) in [5.41, 5.74) is -1.40. The zero-order valence-corrected chi connectivity index (χ0v) is 10.4. The van der Waals surface area contributed by atoms with Crippen molar-refractivity contribution in [1.29, 1.82) is 0 Å². The van der Waals surface area contributed by atoms with Crippen molar-refractivity contribution in [2.75, 3.05) is 7.11 Å². The molecule has 0 aromatic heterocycles. The molecule has 0 unspecified atom stereocenters. The molecule has 0 saturated heterocycles. The minimum Gasteiger partial charge on any atom is -0.505 e. The average Bonchev–Trinajstić information content (AvgIpc) is 2.23. The molecule has 7 heteroatoms. The van der Waals surface area contributed by atoms with E-state index in [4.69, 9.17) is 23.2 Å². The molecule has 0 heterocycles. The van der Waals surface area contributed by atoms with Crippen LogP contribution in [-0.4, -0.2) is 18.2 Å². The Morgan fingerprint density at radius 1 is 1.53 bits per heavy atom. The highest BCUT2D eigenvalue weighted by atomic mass is 35.5. The maximum Gasteiger partial charge on any atom is 0.349 e. The topological polar surface area (TPSA) is 46.5 Å². The standard InChI is InChI=1S/C10H8Cl2F2O3/c1-4-3-5(10(12,13)14)6(9(16)17-2)8(15)7(4)11/h3,15H,1-2H3. The van der Waals surface area contributed by atoms with E-state index in [0.717, 1.165) is 13.2 Å². The average molecular weight is 285 g/mol. The first-order valence-electron chi connectivity index (χ1n) is 4.37. The summed E-state index contributed by atoms with van der Waals surface area (Å²) in [5, 5.41) is 5.59. The largest absolute Gasteiger partial charge is 0.505 e. The van der Waals surface area contributed by atoms with Crippen LogP contribution in [0.1, 0.15) is 21.5 Å². The monoisotopic (exact) mass is 284 g/mol. The molecule has 0 aliphatic rings. The quantitative estimate of drug-likeness (QED) is 0.669. The van der Waals surface area contributed by atoms with E-state index in [9.17, 15) is 18.7 Å². The highest BCUT2D eigenvalue weighted by Gasteiger charge is 2.36. The van der Waals surface area contributed by atoms with Crippen molar-refractivity contribution in [3.63, 3.8) is 0 Å². The predicted octanol–water partition coefficient (Wildman–Crippen LogP) is 3.43. The first-order valence-corrected chi connectivity index (χ1v) is 5.13. The number of methoxy groups -OCH3 is 1. The Kier molecular flexibility index (Phi) is 3.84. The van der Waals surface area contributed by atoms with Gasteiger partial charge in [-0.15, -0.1) is 0 Å². The summed E-state index contributed by atoms with van der Waals surface area (Å²) >= 11 is 10.5.